The molecule has 2 rings (SSSR count). The Hall–Kier alpha value is -1.77. The number of rotatable bonds is 13. The zero-order valence-corrected chi connectivity index (χ0v) is 18.6. The van der Waals surface area contributed by atoms with Crippen molar-refractivity contribution in [3.8, 4) is 5.75 Å². The molecule has 0 aromatic heterocycles. The summed E-state index contributed by atoms with van der Waals surface area (Å²) in [5.41, 5.74) is 2.72. The molecule has 1 aliphatic carbocycles. The average molecular weight is 401 g/mol. The van der Waals surface area contributed by atoms with Crippen LogP contribution in [0.2, 0.25) is 0 Å². The molecule has 0 amide bonds. The third-order valence-electron chi connectivity index (χ3n) is 5.66. The van der Waals surface area contributed by atoms with Crippen LogP contribution in [0.4, 0.5) is 0 Å². The van der Waals surface area contributed by atoms with Crippen LogP contribution < -0.4 is 4.74 Å². The van der Waals surface area contributed by atoms with Gasteiger partial charge in [-0.1, -0.05) is 70.1 Å². The fourth-order valence-electron chi connectivity index (χ4n) is 3.94. The van der Waals surface area contributed by atoms with Crippen LogP contribution in [-0.2, 0) is 9.53 Å². The van der Waals surface area contributed by atoms with E-state index in [0.717, 1.165) is 31.4 Å². The van der Waals surface area contributed by atoms with Gasteiger partial charge in [-0.05, 0) is 68.7 Å². The molecule has 0 N–H and O–H groups in total. The number of allylic oxidation sites excluding steroid dienone is 2. The number of hydrogen-bond acceptors (Lipinski definition) is 3. The summed E-state index contributed by atoms with van der Waals surface area (Å²) in [4.78, 5) is 12.3. The van der Waals surface area contributed by atoms with Crippen LogP contribution in [0.3, 0.4) is 0 Å². The van der Waals surface area contributed by atoms with E-state index in [1.165, 1.54) is 68.9 Å². The standard InChI is InChI=1S/C26H40O3/c1-3-5-6-7-8-9-14-17-25(26(27)28-4-2)29-24-20-18-23(19-21-24)22-15-12-10-11-13-16-22/h15,18-21,25H,3-14,16-17H2,1-2H3. The van der Waals surface area contributed by atoms with Crippen molar-refractivity contribution in [1.82, 2.24) is 0 Å². The summed E-state index contributed by atoms with van der Waals surface area (Å²) in [7, 11) is 0. The average Bonchev–Trinajstić information content (AvgIpc) is 3.02. The summed E-state index contributed by atoms with van der Waals surface area (Å²) in [5.74, 6) is 0.512. The minimum absolute atomic E-state index is 0.242. The van der Waals surface area contributed by atoms with E-state index in [9.17, 15) is 4.79 Å². The lowest BCUT2D eigenvalue weighted by Gasteiger charge is -2.18. The third-order valence-corrected chi connectivity index (χ3v) is 5.66. The summed E-state index contributed by atoms with van der Waals surface area (Å²) in [6, 6.07) is 8.25. The van der Waals surface area contributed by atoms with Gasteiger partial charge in [-0.3, -0.25) is 0 Å². The van der Waals surface area contributed by atoms with Crippen molar-refractivity contribution in [2.45, 2.75) is 103 Å². The molecule has 0 saturated carbocycles. The lowest BCUT2D eigenvalue weighted by Crippen LogP contribution is -2.29. The highest BCUT2D eigenvalue weighted by Gasteiger charge is 2.21. The lowest BCUT2D eigenvalue weighted by molar-refractivity contribution is -0.151. The van der Waals surface area contributed by atoms with E-state index < -0.39 is 6.10 Å². The normalized spacial score (nSPS) is 15.3. The summed E-state index contributed by atoms with van der Waals surface area (Å²) in [6.45, 7) is 4.47. The highest BCUT2D eigenvalue weighted by atomic mass is 16.6. The molecule has 29 heavy (non-hydrogen) atoms. The summed E-state index contributed by atoms with van der Waals surface area (Å²) >= 11 is 0. The molecule has 3 heteroatoms. The molecule has 0 spiro atoms. The Morgan fingerprint density at radius 2 is 1.66 bits per heavy atom. The van der Waals surface area contributed by atoms with Gasteiger partial charge < -0.3 is 9.47 Å². The molecule has 0 heterocycles. The van der Waals surface area contributed by atoms with Crippen LogP contribution in [0, 0.1) is 0 Å². The Bertz CT molecular complexity index is 603. The summed E-state index contributed by atoms with van der Waals surface area (Å²) in [6.07, 6.45) is 17.4. The molecule has 0 radical (unpaired) electrons. The second-order valence-corrected chi connectivity index (χ2v) is 8.12. The van der Waals surface area contributed by atoms with Gasteiger partial charge in [0.15, 0.2) is 6.10 Å². The third kappa shape index (κ3) is 9.06. The van der Waals surface area contributed by atoms with Crippen molar-refractivity contribution in [2.75, 3.05) is 6.61 Å². The van der Waals surface area contributed by atoms with Gasteiger partial charge in [-0.2, -0.15) is 0 Å². The van der Waals surface area contributed by atoms with Gasteiger partial charge in [0.1, 0.15) is 5.75 Å². The topological polar surface area (TPSA) is 35.5 Å². The molecule has 162 valence electrons. The first-order chi connectivity index (χ1) is 14.2. The second kappa shape index (κ2) is 14.3. The van der Waals surface area contributed by atoms with E-state index in [4.69, 9.17) is 9.47 Å². The van der Waals surface area contributed by atoms with Gasteiger partial charge in [0.2, 0.25) is 0 Å². The van der Waals surface area contributed by atoms with Crippen molar-refractivity contribution in [1.29, 1.82) is 0 Å². The molecule has 3 nitrogen and oxygen atoms in total. The maximum Gasteiger partial charge on any atom is 0.347 e. The first kappa shape index (κ1) is 23.5. The van der Waals surface area contributed by atoms with E-state index >= 15 is 0 Å². The van der Waals surface area contributed by atoms with Gasteiger partial charge in [0.25, 0.3) is 0 Å². The predicted molar refractivity (Wildman–Crippen MR) is 121 cm³/mol. The fraction of sp³-hybridized carbons (Fsp3) is 0.654. The molecular weight excluding hydrogens is 360 g/mol. The van der Waals surface area contributed by atoms with Crippen LogP contribution in [0.1, 0.15) is 103 Å². The molecule has 0 saturated heterocycles. The molecule has 1 unspecified atom stereocenters. The number of carbonyl (C=O) groups excluding carboxylic acids is 1. The Kier molecular flexibility index (Phi) is 11.6. The van der Waals surface area contributed by atoms with Crippen LogP contribution in [0.15, 0.2) is 30.3 Å². The minimum atomic E-state index is -0.506. The van der Waals surface area contributed by atoms with Crippen LogP contribution in [-0.4, -0.2) is 18.7 Å². The number of ether oxygens (including phenoxy) is 2. The predicted octanol–water partition coefficient (Wildman–Crippen LogP) is 7.49. The smallest absolute Gasteiger partial charge is 0.347 e. The zero-order valence-electron chi connectivity index (χ0n) is 18.6. The number of esters is 1. The number of benzene rings is 1. The molecular formula is C26H40O3. The van der Waals surface area contributed by atoms with Gasteiger partial charge >= 0.3 is 5.97 Å². The maximum absolute atomic E-state index is 12.3. The van der Waals surface area contributed by atoms with Crippen molar-refractivity contribution >= 4 is 11.5 Å². The molecule has 1 aliphatic rings. The van der Waals surface area contributed by atoms with Gasteiger partial charge in [-0.25, -0.2) is 4.79 Å². The molecule has 0 aliphatic heterocycles. The number of hydrogen-bond donors (Lipinski definition) is 0. The Morgan fingerprint density at radius 3 is 2.38 bits per heavy atom. The molecule has 1 aromatic rings. The van der Waals surface area contributed by atoms with Gasteiger partial charge in [0, 0.05) is 0 Å². The summed E-state index contributed by atoms with van der Waals surface area (Å²) < 4.78 is 11.3. The zero-order chi connectivity index (χ0) is 20.7. The SMILES string of the molecule is CCCCCCCCCC(Oc1ccc(C2=CCCCCC2)cc1)C(=O)OCC. The van der Waals surface area contributed by atoms with Crippen LogP contribution >= 0.6 is 0 Å². The second-order valence-electron chi connectivity index (χ2n) is 8.12. The van der Waals surface area contributed by atoms with Crippen molar-refractivity contribution in [2.24, 2.45) is 0 Å². The van der Waals surface area contributed by atoms with Crippen molar-refractivity contribution in [3.05, 3.63) is 35.9 Å². The number of unbranched alkanes of at least 4 members (excludes halogenated alkanes) is 6. The highest BCUT2D eigenvalue weighted by Crippen LogP contribution is 2.28. The largest absolute Gasteiger partial charge is 0.479 e. The van der Waals surface area contributed by atoms with Crippen molar-refractivity contribution in [3.63, 3.8) is 0 Å². The van der Waals surface area contributed by atoms with E-state index in [1.807, 2.05) is 19.1 Å². The monoisotopic (exact) mass is 400 g/mol. The minimum Gasteiger partial charge on any atom is -0.479 e. The lowest BCUT2D eigenvalue weighted by atomic mass is 10.0. The van der Waals surface area contributed by atoms with Crippen LogP contribution in [0.25, 0.3) is 5.57 Å². The van der Waals surface area contributed by atoms with Gasteiger partial charge in [0.05, 0.1) is 6.61 Å². The molecule has 0 fully saturated rings. The molecule has 1 aromatic carbocycles. The van der Waals surface area contributed by atoms with E-state index in [0.29, 0.717) is 6.61 Å². The fourth-order valence-corrected chi connectivity index (χ4v) is 3.94. The first-order valence-corrected chi connectivity index (χ1v) is 11.9. The molecule has 0 bridgehead atoms. The molecule has 1 atom stereocenters. The highest BCUT2D eigenvalue weighted by molar-refractivity contribution is 5.75. The van der Waals surface area contributed by atoms with E-state index in [1.54, 1.807) is 0 Å². The number of carbonyl (C=O) groups is 1. The Morgan fingerprint density at radius 1 is 0.931 bits per heavy atom. The first-order valence-electron chi connectivity index (χ1n) is 11.9. The Balaban J connectivity index is 1.86. The maximum atomic E-state index is 12.3. The van der Waals surface area contributed by atoms with Crippen LogP contribution in [0.5, 0.6) is 5.75 Å². The Labute approximate surface area is 177 Å². The quantitative estimate of drug-likeness (QED) is 0.254. The summed E-state index contributed by atoms with van der Waals surface area (Å²) in [5, 5.41) is 0. The van der Waals surface area contributed by atoms with E-state index in [2.05, 4.69) is 25.1 Å². The van der Waals surface area contributed by atoms with Gasteiger partial charge in [-0.15, -0.1) is 0 Å². The van der Waals surface area contributed by atoms with E-state index in [-0.39, 0.29) is 5.97 Å². The van der Waals surface area contributed by atoms with Crippen molar-refractivity contribution < 1.29 is 14.3 Å².